The van der Waals surface area contributed by atoms with Crippen molar-refractivity contribution in [3.8, 4) is 0 Å². The third kappa shape index (κ3) is 3.17. The molecule has 1 aromatic heterocycles. The van der Waals surface area contributed by atoms with Crippen LogP contribution in [0.1, 0.15) is 43.0 Å². The van der Waals surface area contributed by atoms with Gasteiger partial charge in [0.25, 0.3) is 0 Å². The number of nitrogens with zero attached hydrogens (tertiary/aromatic N) is 2. The minimum absolute atomic E-state index is 0.0418. The van der Waals surface area contributed by atoms with Crippen molar-refractivity contribution in [3.05, 3.63) is 52.8 Å². The summed E-state index contributed by atoms with van der Waals surface area (Å²) in [5.41, 5.74) is 7.18. The summed E-state index contributed by atoms with van der Waals surface area (Å²) in [4.78, 5) is 7.12. The lowest BCUT2D eigenvalue weighted by Crippen LogP contribution is -2.44. The summed E-state index contributed by atoms with van der Waals surface area (Å²) in [5, 5.41) is 4.19. The van der Waals surface area contributed by atoms with Crippen LogP contribution in [0.25, 0.3) is 15.8 Å². The Balaban J connectivity index is 1.57. The summed E-state index contributed by atoms with van der Waals surface area (Å²) >= 11 is 1.15. The molecule has 158 valence electrons. The fourth-order valence-electron chi connectivity index (χ4n) is 4.77. The molecule has 2 aliphatic heterocycles. The Kier molecular flexibility index (Phi) is 4.57. The minimum Gasteiger partial charge on any atom is -0.382 e. The van der Waals surface area contributed by atoms with Crippen LogP contribution in [0.4, 0.5) is 13.2 Å². The highest BCUT2D eigenvalue weighted by atomic mass is 32.1. The SMILES string of the molecule is CC1CCC(C2NC(c3cc4cccc(C(F)(F)F)c4s3)=C3C(N)=NC=CN32)CC1. The molecule has 1 aliphatic carbocycles. The Labute approximate surface area is 177 Å². The van der Waals surface area contributed by atoms with E-state index >= 15 is 0 Å². The van der Waals surface area contributed by atoms with Crippen molar-refractivity contribution in [2.24, 2.45) is 22.6 Å². The van der Waals surface area contributed by atoms with Gasteiger partial charge in [-0.25, -0.2) is 4.99 Å². The molecule has 8 heteroatoms. The van der Waals surface area contributed by atoms with E-state index < -0.39 is 11.7 Å². The highest BCUT2D eigenvalue weighted by Crippen LogP contribution is 2.44. The van der Waals surface area contributed by atoms with Gasteiger partial charge in [-0.15, -0.1) is 11.3 Å². The molecule has 1 aromatic carbocycles. The first-order valence-electron chi connectivity index (χ1n) is 10.2. The zero-order valence-corrected chi connectivity index (χ0v) is 17.4. The molecule has 5 rings (SSSR count). The molecule has 30 heavy (non-hydrogen) atoms. The van der Waals surface area contributed by atoms with Gasteiger partial charge in [0.15, 0.2) is 0 Å². The Morgan fingerprint density at radius 2 is 1.97 bits per heavy atom. The molecule has 1 saturated carbocycles. The lowest BCUT2D eigenvalue weighted by Gasteiger charge is -2.36. The molecule has 3 N–H and O–H groups in total. The maximum absolute atomic E-state index is 13.5. The molecule has 1 unspecified atom stereocenters. The maximum Gasteiger partial charge on any atom is 0.417 e. The Morgan fingerprint density at radius 3 is 2.70 bits per heavy atom. The smallest absolute Gasteiger partial charge is 0.382 e. The third-order valence-electron chi connectivity index (χ3n) is 6.37. The van der Waals surface area contributed by atoms with E-state index in [0.29, 0.717) is 17.1 Å². The minimum atomic E-state index is -4.38. The fraction of sp³-hybridized carbons (Fsp3) is 0.409. The van der Waals surface area contributed by atoms with Crippen molar-refractivity contribution in [1.29, 1.82) is 0 Å². The van der Waals surface area contributed by atoms with E-state index in [0.717, 1.165) is 52.4 Å². The number of hydrogen-bond donors (Lipinski definition) is 2. The number of nitrogens with two attached hydrogens (primary N) is 1. The number of thiophene rings is 1. The van der Waals surface area contributed by atoms with E-state index in [9.17, 15) is 13.2 Å². The van der Waals surface area contributed by atoms with E-state index in [4.69, 9.17) is 5.73 Å². The van der Waals surface area contributed by atoms with Crippen molar-refractivity contribution in [2.45, 2.75) is 44.9 Å². The summed E-state index contributed by atoms with van der Waals surface area (Å²) in [6.45, 7) is 2.29. The van der Waals surface area contributed by atoms with Gasteiger partial charge in [0.2, 0.25) is 0 Å². The first-order chi connectivity index (χ1) is 14.3. The van der Waals surface area contributed by atoms with Crippen LogP contribution >= 0.6 is 11.3 Å². The lowest BCUT2D eigenvalue weighted by atomic mass is 9.81. The monoisotopic (exact) mass is 432 g/mol. The maximum atomic E-state index is 13.5. The average Bonchev–Trinajstić information content (AvgIpc) is 3.30. The van der Waals surface area contributed by atoms with Gasteiger partial charge < -0.3 is 16.0 Å². The fourth-order valence-corrected chi connectivity index (χ4v) is 5.97. The predicted octanol–water partition coefficient (Wildman–Crippen LogP) is 5.49. The van der Waals surface area contributed by atoms with E-state index in [1.807, 2.05) is 12.3 Å². The number of hydrogen-bond acceptors (Lipinski definition) is 5. The number of rotatable bonds is 2. The van der Waals surface area contributed by atoms with Gasteiger partial charge >= 0.3 is 6.18 Å². The summed E-state index contributed by atoms with van der Waals surface area (Å²) in [5.74, 6) is 1.58. The number of aliphatic imine (C=N–C) groups is 1. The quantitative estimate of drug-likeness (QED) is 0.660. The van der Waals surface area contributed by atoms with Crippen molar-refractivity contribution in [3.63, 3.8) is 0 Å². The molecule has 3 heterocycles. The van der Waals surface area contributed by atoms with Gasteiger partial charge in [0.05, 0.1) is 16.1 Å². The molecule has 0 saturated heterocycles. The van der Waals surface area contributed by atoms with Crippen molar-refractivity contribution in [2.75, 3.05) is 0 Å². The van der Waals surface area contributed by atoms with Gasteiger partial charge in [0.1, 0.15) is 17.7 Å². The number of benzene rings is 1. The van der Waals surface area contributed by atoms with Gasteiger partial charge in [-0.2, -0.15) is 13.2 Å². The molecule has 3 aliphatic rings. The Morgan fingerprint density at radius 1 is 1.20 bits per heavy atom. The van der Waals surface area contributed by atoms with Crippen molar-refractivity contribution < 1.29 is 13.2 Å². The standard InChI is InChI=1S/C22H23F3N4S/c1-12-5-7-13(8-6-12)21-28-17(18-20(26)27-9-10-29(18)21)16-11-14-3-2-4-15(19(14)30-16)22(23,24)25/h2-4,9-13,21,28H,5-8H2,1H3,(H2,26,27). The number of amidine groups is 1. The molecule has 0 amide bonds. The van der Waals surface area contributed by atoms with Gasteiger partial charge in [0, 0.05) is 17.1 Å². The largest absolute Gasteiger partial charge is 0.417 e. The van der Waals surface area contributed by atoms with E-state index in [1.165, 1.54) is 18.9 Å². The van der Waals surface area contributed by atoms with Gasteiger partial charge in [-0.1, -0.05) is 31.9 Å². The van der Waals surface area contributed by atoms with Crippen LogP contribution in [-0.4, -0.2) is 16.9 Å². The highest BCUT2D eigenvalue weighted by Gasteiger charge is 2.40. The molecular weight excluding hydrogens is 409 g/mol. The summed E-state index contributed by atoms with van der Waals surface area (Å²) in [7, 11) is 0. The third-order valence-corrected chi connectivity index (χ3v) is 7.57. The summed E-state index contributed by atoms with van der Waals surface area (Å²) < 4.78 is 40.7. The number of alkyl halides is 3. The van der Waals surface area contributed by atoms with E-state index in [-0.39, 0.29) is 10.9 Å². The summed E-state index contributed by atoms with van der Waals surface area (Å²) in [6, 6.07) is 6.14. The van der Waals surface area contributed by atoms with Crippen LogP contribution in [0, 0.1) is 11.8 Å². The number of fused-ring (bicyclic) bond motifs is 2. The van der Waals surface area contributed by atoms with Crippen molar-refractivity contribution in [1.82, 2.24) is 10.2 Å². The zero-order chi connectivity index (χ0) is 21.0. The molecule has 4 nitrogen and oxygen atoms in total. The first kappa shape index (κ1) is 19.5. The van der Waals surface area contributed by atoms with Crippen LogP contribution in [0.3, 0.4) is 0 Å². The van der Waals surface area contributed by atoms with Gasteiger partial charge in [-0.3, -0.25) is 0 Å². The zero-order valence-electron chi connectivity index (χ0n) is 16.5. The van der Waals surface area contributed by atoms with Crippen LogP contribution in [0.15, 0.2) is 47.4 Å². The van der Waals surface area contributed by atoms with Crippen LogP contribution < -0.4 is 11.1 Å². The molecule has 1 fully saturated rings. The van der Waals surface area contributed by atoms with Crippen LogP contribution in [-0.2, 0) is 6.18 Å². The molecule has 0 radical (unpaired) electrons. The van der Waals surface area contributed by atoms with Crippen LogP contribution in [0.5, 0.6) is 0 Å². The average molecular weight is 433 g/mol. The second-order valence-electron chi connectivity index (χ2n) is 8.38. The Bertz CT molecular complexity index is 1070. The predicted molar refractivity (Wildman–Crippen MR) is 114 cm³/mol. The van der Waals surface area contributed by atoms with Crippen molar-refractivity contribution >= 4 is 33.0 Å². The van der Waals surface area contributed by atoms with Crippen LogP contribution in [0.2, 0.25) is 0 Å². The molecule has 2 aromatic rings. The van der Waals surface area contributed by atoms with E-state index in [2.05, 4.69) is 22.1 Å². The molecule has 0 spiro atoms. The van der Waals surface area contributed by atoms with Gasteiger partial charge in [-0.05, 0) is 42.2 Å². The second kappa shape index (κ2) is 7.04. The Hall–Kier alpha value is -2.48. The topological polar surface area (TPSA) is 53.6 Å². The lowest BCUT2D eigenvalue weighted by molar-refractivity contribution is -0.136. The molecule has 0 bridgehead atoms. The molecular formula is C22H23F3N4S. The number of halogens is 3. The first-order valence-corrected chi connectivity index (χ1v) is 11.0. The van der Waals surface area contributed by atoms with E-state index in [1.54, 1.807) is 12.3 Å². The summed E-state index contributed by atoms with van der Waals surface area (Å²) in [6.07, 6.45) is 3.87. The number of nitrogens with one attached hydrogen (secondary N) is 1. The normalized spacial score (nSPS) is 26.7. The second-order valence-corrected chi connectivity index (χ2v) is 9.44. The molecule has 1 atom stereocenters. The highest BCUT2D eigenvalue weighted by molar-refractivity contribution is 7.20.